The number of carbonyl (C=O) groups is 2. The van der Waals surface area contributed by atoms with Crippen LogP contribution in [0.25, 0.3) is 0 Å². The van der Waals surface area contributed by atoms with E-state index in [0.717, 1.165) is 29.5 Å². The van der Waals surface area contributed by atoms with Crippen molar-refractivity contribution in [1.82, 2.24) is 15.5 Å². The summed E-state index contributed by atoms with van der Waals surface area (Å²) in [5, 5.41) is 7.20. The fraction of sp³-hybridized carbons (Fsp3) is 0.412. The summed E-state index contributed by atoms with van der Waals surface area (Å²) in [6.45, 7) is 3.09. The van der Waals surface area contributed by atoms with Crippen LogP contribution in [0.3, 0.4) is 0 Å². The zero-order valence-electron chi connectivity index (χ0n) is 25.9. The maximum Gasteiger partial charge on any atom is 0.250 e. The van der Waals surface area contributed by atoms with Gasteiger partial charge in [0.15, 0.2) is 5.75 Å². The minimum Gasteiger partial charge on any atom is -0.490 e. The molecule has 8 nitrogen and oxygen atoms in total. The van der Waals surface area contributed by atoms with Crippen molar-refractivity contribution in [1.29, 1.82) is 0 Å². The highest BCUT2D eigenvalue weighted by molar-refractivity contribution is 6.37. The monoisotopic (exact) mass is 708 g/mol. The van der Waals surface area contributed by atoms with E-state index < -0.39 is 12.5 Å². The smallest absolute Gasteiger partial charge is 0.250 e. The van der Waals surface area contributed by atoms with Crippen molar-refractivity contribution in [2.45, 2.75) is 51.2 Å². The minimum atomic E-state index is -2.41. The first-order valence-electron chi connectivity index (χ1n) is 15.5. The Kier molecular flexibility index (Phi) is 12.2. The zero-order valence-corrected chi connectivity index (χ0v) is 28.2. The van der Waals surface area contributed by atoms with Crippen LogP contribution in [0, 0.1) is 6.92 Å². The van der Waals surface area contributed by atoms with Crippen LogP contribution in [0.1, 0.15) is 29.5 Å². The van der Waals surface area contributed by atoms with Gasteiger partial charge in [-0.2, -0.15) is 0 Å². The average molecular weight is 710 g/mol. The number of hydrogen-bond acceptors (Lipinski definition) is 6. The second kappa shape index (κ2) is 16.3. The highest BCUT2D eigenvalue weighted by Crippen LogP contribution is 2.35. The van der Waals surface area contributed by atoms with Gasteiger partial charge in [-0.25, -0.2) is 8.78 Å². The molecule has 2 amide bonds. The molecule has 3 aromatic rings. The molecular weight excluding hydrogens is 673 g/mol. The van der Waals surface area contributed by atoms with E-state index in [1.807, 2.05) is 24.0 Å². The molecule has 1 saturated carbocycles. The predicted octanol–water partition coefficient (Wildman–Crippen LogP) is 6.31. The summed E-state index contributed by atoms with van der Waals surface area (Å²) in [7, 11) is 0. The molecule has 13 heteroatoms. The molecule has 0 unspecified atom stereocenters. The second-order valence-electron chi connectivity index (χ2n) is 11.6. The van der Waals surface area contributed by atoms with Crippen molar-refractivity contribution in [2.24, 2.45) is 0 Å². The van der Waals surface area contributed by atoms with Gasteiger partial charge in [0.05, 0.1) is 23.1 Å². The Labute approximate surface area is 288 Å². The van der Waals surface area contributed by atoms with Crippen LogP contribution >= 0.6 is 34.8 Å². The molecule has 0 radical (unpaired) electrons. The van der Waals surface area contributed by atoms with Crippen molar-refractivity contribution in [3.05, 3.63) is 86.4 Å². The third kappa shape index (κ3) is 9.48. The van der Waals surface area contributed by atoms with Gasteiger partial charge in [-0.3, -0.25) is 14.5 Å². The van der Waals surface area contributed by atoms with E-state index >= 15 is 0 Å². The Balaban J connectivity index is 1.23. The fourth-order valence-corrected chi connectivity index (χ4v) is 6.40. The molecule has 1 atom stereocenters. The number of rotatable bonds is 15. The Hall–Kier alpha value is -3.15. The van der Waals surface area contributed by atoms with Crippen molar-refractivity contribution < 1.29 is 27.8 Å². The van der Waals surface area contributed by atoms with E-state index in [9.17, 15) is 18.4 Å². The lowest BCUT2D eigenvalue weighted by Crippen LogP contribution is -2.61. The van der Waals surface area contributed by atoms with Gasteiger partial charge in [0.2, 0.25) is 11.8 Å². The predicted molar refractivity (Wildman–Crippen MR) is 180 cm³/mol. The number of aryl methyl sites for hydroxylation is 1. The number of hydrogen-bond donors (Lipinski definition) is 2. The Bertz CT molecular complexity index is 1540. The van der Waals surface area contributed by atoms with Gasteiger partial charge in [-0.1, -0.05) is 46.9 Å². The number of nitrogens with zero attached hydrogens (tertiary/aromatic N) is 2. The maximum atomic E-state index is 14.1. The highest BCUT2D eigenvalue weighted by Gasteiger charge is 2.41. The number of carbonyl (C=O) groups excluding carboxylic acids is 2. The number of alkyl halides is 2. The summed E-state index contributed by atoms with van der Waals surface area (Å²) in [5.74, 6) is 0.595. The van der Waals surface area contributed by atoms with Gasteiger partial charge in [0.25, 0.3) is 6.43 Å². The summed E-state index contributed by atoms with van der Waals surface area (Å²) < 4.78 is 36.5. The van der Waals surface area contributed by atoms with Crippen LogP contribution in [0.5, 0.6) is 11.5 Å². The lowest BCUT2D eigenvalue weighted by molar-refractivity contribution is -0.136. The van der Waals surface area contributed by atoms with Gasteiger partial charge >= 0.3 is 0 Å². The molecule has 0 aromatic heterocycles. The molecule has 5 rings (SSSR count). The lowest BCUT2D eigenvalue weighted by atomic mass is 10.1. The fourth-order valence-electron chi connectivity index (χ4n) is 5.52. The Morgan fingerprint density at radius 1 is 1.02 bits per heavy atom. The molecule has 0 spiro atoms. The topological polar surface area (TPSA) is 83.1 Å². The molecule has 1 heterocycles. The summed E-state index contributed by atoms with van der Waals surface area (Å²) >= 11 is 19.1. The van der Waals surface area contributed by atoms with Crippen LogP contribution in [0.4, 0.5) is 14.5 Å². The molecule has 0 bridgehead atoms. The quantitative estimate of drug-likeness (QED) is 0.180. The van der Waals surface area contributed by atoms with Crippen molar-refractivity contribution >= 4 is 52.3 Å². The van der Waals surface area contributed by atoms with E-state index in [0.29, 0.717) is 51.8 Å². The van der Waals surface area contributed by atoms with Crippen molar-refractivity contribution in [3.8, 4) is 11.5 Å². The van der Waals surface area contributed by atoms with Crippen molar-refractivity contribution in [2.75, 3.05) is 44.3 Å². The largest absolute Gasteiger partial charge is 0.490 e. The summed E-state index contributed by atoms with van der Waals surface area (Å²) in [4.78, 5) is 30.7. The normalized spacial score (nSPS) is 16.4. The van der Waals surface area contributed by atoms with E-state index in [2.05, 4.69) is 10.6 Å². The number of benzene rings is 3. The number of nitrogens with one attached hydrogen (secondary N) is 2. The zero-order chi connectivity index (χ0) is 33.5. The molecule has 47 heavy (non-hydrogen) atoms. The molecule has 2 fully saturated rings. The third-order valence-corrected chi connectivity index (χ3v) is 8.88. The summed E-state index contributed by atoms with van der Waals surface area (Å²) in [6.07, 6.45) is -0.123. The van der Waals surface area contributed by atoms with Gasteiger partial charge < -0.3 is 25.0 Å². The van der Waals surface area contributed by atoms with Crippen LogP contribution in [-0.2, 0) is 22.6 Å². The molecule has 1 aliphatic carbocycles. The van der Waals surface area contributed by atoms with Gasteiger partial charge in [0, 0.05) is 29.8 Å². The number of anilines is 1. The first kappa shape index (κ1) is 35.2. The van der Waals surface area contributed by atoms with E-state index in [1.54, 1.807) is 47.4 Å². The Morgan fingerprint density at radius 3 is 2.40 bits per heavy atom. The van der Waals surface area contributed by atoms with Crippen LogP contribution < -0.4 is 25.0 Å². The average Bonchev–Trinajstić information content (AvgIpc) is 3.88. The van der Waals surface area contributed by atoms with E-state index in [-0.39, 0.29) is 50.7 Å². The number of ether oxygens (including phenoxy) is 2. The molecule has 2 aliphatic rings. The van der Waals surface area contributed by atoms with Crippen LogP contribution in [0.15, 0.2) is 54.6 Å². The minimum absolute atomic E-state index is 0.0523. The lowest BCUT2D eigenvalue weighted by Gasteiger charge is -2.38. The SMILES string of the molecule is Cc1cc(Cl)c(OCCOc2ccc(N3C(=O)CNC[C@@H]3C(=O)N(Cc3cc(CCNCC(F)F)ccc3Cl)C3CC3)cc2)c(Cl)c1. The molecular formula is C34H37Cl3F2N4O4. The van der Waals surface area contributed by atoms with Crippen LogP contribution in [0.2, 0.25) is 15.1 Å². The highest BCUT2D eigenvalue weighted by atomic mass is 35.5. The second-order valence-corrected chi connectivity index (χ2v) is 12.8. The molecule has 2 N–H and O–H groups in total. The van der Waals surface area contributed by atoms with Gasteiger partial charge in [-0.05, 0) is 91.9 Å². The number of halogens is 5. The Morgan fingerprint density at radius 2 is 1.72 bits per heavy atom. The summed E-state index contributed by atoms with van der Waals surface area (Å²) in [5.41, 5.74) is 3.23. The first-order chi connectivity index (χ1) is 22.6. The van der Waals surface area contributed by atoms with Gasteiger partial charge in [-0.15, -0.1) is 0 Å². The van der Waals surface area contributed by atoms with Crippen molar-refractivity contribution in [3.63, 3.8) is 0 Å². The number of amides is 2. The summed E-state index contributed by atoms with van der Waals surface area (Å²) in [6, 6.07) is 15.4. The molecule has 3 aromatic carbocycles. The molecule has 1 saturated heterocycles. The van der Waals surface area contributed by atoms with Crippen LogP contribution in [-0.4, -0.2) is 74.6 Å². The van der Waals surface area contributed by atoms with Gasteiger partial charge in [0.1, 0.15) is 25.0 Å². The molecule has 1 aliphatic heterocycles. The maximum absolute atomic E-state index is 14.1. The van der Waals surface area contributed by atoms with E-state index in [4.69, 9.17) is 44.3 Å². The van der Waals surface area contributed by atoms with E-state index in [1.165, 1.54) is 0 Å². The third-order valence-electron chi connectivity index (χ3n) is 7.95. The molecule has 252 valence electrons. The first-order valence-corrected chi connectivity index (χ1v) is 16.6. The standard InChI is InChI=1S/C34H37Cl3F2N4O4/c1-21-14-28(36)33(29(37)15-21)47-13-12-46-26-7-5-25(6-8-26)43-30(17-41-19-32(43)44)34(45)42(24-3-4-24)20-23-16-22(2-9-27(23)35)10-11-40-18-31(38)39/h2,5-9,14-16,24,30-31,40-41H,3-4,10-13,17-20H2,1H3/t30-/m1/s1. The number of piperazine rings is 1.